The zero-order valence-electron chi connectivity index (χ0n) is 13.2. The first-order valence-electron chi connectivity index (χ1n) is 7.16. The van der Waals surface area contributed by atoms with Gasteiger partial charge in [-0.05, 0) is 41.0 Å². The van der Waals surface area contributed by atoms with Crippen LogP contribution in [0.1, 0.15) is 22.3 Å². The Morgan fingerprint density at radius 2 is 1.57 bits per heavy atom. The highest BCUT2D eigenvalue weighted by molar-refractivity contribution is 5.73. The van der Waals surface area contributed by atoms with Crippen LogP contribution in [0.3, 0.4) is 0 Å². The van der Waals surface area contributed by atoms with E-state index in [0.717, 1.165) is 11.1 Å². The van der Waals surface area contributed by atoms with Crippen LogP contribution < -0.4 is 15.2 Å². The van der Waals surface area contributed by atoms with Crippen LogP contribution in [0.2, 0.25) is 0 Å². The van der Waals surface area contributed by atoms with Gasteiger partial charge in [-0.25, -0.2) is 0 Å². The first-order valence-corrected chi connectivity index (χ1v) is 7.16. The molecule has 0 bridgehead atoms. The highest BCUT2D eigenvalue weighted by Crippen LogP contribution is 2.27. The number of methoxy groups -OCH3 is 2. The molecule has 0 aromatic heterocycles. The second kappa shape index (κ2) is 7.67. The van der Waals surface area contributed by atoms with E-state index in [0.29, 0.717) is 28.3 Å². The fraction of sp³-hybridized carbons (Fsp3) is 0.222. The number of aliphatic hydroxyl groups excluding tert-OH is 2. The van der Waals surface area contributed by atoms with Crippen molar-refractivity contribution >= 4 is 17.8 Å². The van der Waals surface area contributed by atoms with Gasteiger partial charge in [0.15, 0.2) is 0 Å². The summed E-state index contributed by atoms with van der Waals surface area (Å²) in [6.07, 6.45) is 3.81. The molecule has 0 heterocycles. The minimum absolute atomic E-state index is 0.163. The molecule has 0 aliphatic carbocycles. The van der Waals surface area contributed by atoms with E-state index in [4.69, 9.17) is 15.2 Å². The van der Waals surface area contributed by atoms with Gasteiger partial charge in [-0.3, -0.25) is 0 Å². The quantitative estimate of drug-likeness (QED) is 0.563. The molecule has 5 heteroatoms. The number of rotatable bonds is 6. The Morgan fingerprint density at radius 3 is 2.17 bits per heavy atom. The number of hydrogen-bond acceptors (Lipinski definition) is 5. The monoisotopic (exact) mass is 315 g/mol. The Balaban J connectivity index is 2.35. The summed E-state index contributed by atoms with van der Waals surface area (Å²) < 4.78 is 10.5. The molecule has 2 aromatic carbocycles. The predicted octanol–water partition coefficient (Wildman–Crippen LogP) is 2.44. The topological polar surface area (TPSA) is 84.9 Å². The van der Waals surface area contributed by atoms with E-state index in [1.54, 1.807) is 13.2 Å². The van der Waals surface area contributed by atoms with Crippen molar-refractivity contribution in [3.63, 3.8) is 0 Å². The third-order valence-electron chi connectivity index (χ3n) is 3.60. The van der Waals surface area contributed by atoms with Gasteiger partial charge in [0.1, 0.15) is 11.5 Å². The van der Waals surface area contributed by atoms with Crippen molar-refractivity contribution in [2.75, 3.05) is 20.0 Å². The molecule has 0 radical (unpaired) electrons. The molecular formula is C18H21NO4. The number of nitrogen functional groups attached to an aromatic ring is 1. The molecule has 0 aliphatic heterocycles. The maximum Gasteiger partial charge on any atom is 0.142 e. The smallest absolute Gasteiger partial charge is 0.142 e. The van der Waals surface area contributed by atoms with Crippen molar-refractivity contribution in [2.24, 2.45) is 0 Å². The summed E-state index contributed by atoms with van der Waals surface area (Å²) in [4.78, 5) is 0. The Morgan fingerprint density at radius 1 is 0.913 bits per heavy atom. The first kappa shape index (κ1) is 16.9. The van der Waals surface area contributed by atoms with Crippen molar-refractivity contribution in [1.82, 2.24) is 0 Å². The number of benzene rings is 2. The van der Waals surface area contributed by atoms with Gasteiger partial charge in [0.2, 0.25) is 0 Å². The minimum atomic E-state index is -0.182. The van der Waals surface area contributed by atoms with Gasteiger partial charge in [0, 0.05) is 5.56 Å². The SMILES string of the molecule is COc1cc(/C=C\c2cc(CO)c(CO)c(OC)c2)ccc1N. The van der Waals surface area contributed by atoms with Crippen molar-refractivity contribution < 1.29 is 19.7 Å². The Labute approximate surface area is 135 Å². The van der Waals surface area contributed by atoms with Gasteiger partial charge in [0.05, 0.1) is 33.1 Å². The molecule has 4 N–H and O–H groups in total. The second-order valence-electron chi connectivity index (χ2n) is 5.01. The van der Waals surface area contributed by atoms with Crippen LogP contribution in [0.25, 0.3) is 12.2 Å². The van der Waals surface area contributed by atoms with Gasteiger partial charge in [0.25, 0.3) is 0 Å². The molecule has 0 saturated carbocycles. The molecule has 0 spiro atoms. The zero-order valence-corrected chi connectivity index (χ0v) is 13.2. The van der Waals surface area contributed by atoms with Crippen molar-refractivity contribution in [1.29, 1.82) is 0 Å². The van der Waals surface area contributed by atoms with Gasteiger partial charge in [-0.2, -0.15) is 0 Å². The van der Waals surface area contributed by atoms with E-state index in [9.17, 15) is 10.2 Å². The summed E-state index contributed by atoms with van der Waals surface area (Å²) in [6.45, 7) is -0.345. The molecule has 5 nitrogen and oxygen atoms in total. The third kappa shape index (κ3) is 3.83. The standard InChI is InChI=1S/C18H21NO4/c1-22-17-9-13(7-14(10-20)15(17)11-21)4-3-12-5-6-16(19)18(8-12)23-2/h3-9,20-21H,10-11,19H2,1-2H3/b4-3-. The highest BCUT2D eigenvalue weighted by Gasteiger charge is 2.09. The first-order chi connectivity index (χ1) is 11.1. The third-order valence-corrected chi connectivity index (χ3v) is 3.60. The molecule has 0 unspecified atom stereocenters. The summed E-state index contributed by atoms with van der Waals surface area (Å²) in [6, 6.07) is 9.15. The van der Waals surface area contributed by atoms with Gasteiger partial charge in [-0.1, -0.05) is 18.2 Å². The lowest BCUT2D eigenvalue weighted by Gasteiger charge is -2.12. The number of anilines is 1. The van der Waals surface area contributed by atoms with Crippen LogP contribution >= 0.6 is 0 Å². The number of nitrogens with two attached hydrogens (primary N) is 1. The minimum Gasteiger partial charge on any atom is -0.496 e. The maximum atomic E-state index is 9.46. The maximum absolute atomic E-state index is 9.46. The van der Waals surface area contributed by atoms with E-state index < -0.39 is 0 Å². The summed E-state index contributed by atoms with van der Waals surface area (Å²) >= 11 is 0. The molecular weight excluding hydrogens is 294 g/mol. The number of aliphatic hydroxyl groups is 2. The second-order valence-corrected chi connectivity index (χ2v) is 5.01. The van der Waals surface area contributed by atoms with E-state index in [-0.39, 0.29) is 13.2 Å². The van der Waals surface area contributed by atoms with Crippen LogP contribution in [0.15, 0.2) is 30.3 Å². The van der Waals surface area contributed by atoms with Crippen molar-refractivity contribution in [3.8, 4) is 11.5 Å². The fourth-order valence-corrected chi connectivity index (χ4v) is 2.35. The van der Waals surface area contributed by atoms with Crippen molar-refractivity contribution in [2.45, 2.75) is 13.2 Å². The number of hydrogen-bond donors (Lipinski definition) is 3. The van der Waals surface area contributed by atoms with Crippen LogP contribution in [0.4, 0.5) is 5.69 Å². The van der Waals surface area contributed by atoms with Crippen molar-refractivity contribution in [3.05, 3.63) is 52.6 Å². The van der Waals surface area contributed by atoms with Crippen LogP contribution in [-0.2, 0) is 13.2 Å². The predicted molar refractivity (Wildman–Crippen MR) is 91.2 cm³/mol. The normalized spacial score (nSPS) is 11.0. The lowest BCUT2D eigenvalue weighted by molar-refractivity contribution is 0.254. The Bertz CT molecular complexity index is 685. The summed E-state index contributed by atoms with van der Waals surface area (Å²) in [5.41, 5.74) is 9.42. The summed E-state index contributed by atoms with van der Waals surface area (Å²) in [5, 5.41) is 18.9. The average Bonchev–Trinajstić information content (AvgIpc) is 2.59. The van der Waals surface area contributed by atoms with E-state index >= 15 is 0 Å². The van der Waals surface area contributed by atoms with Gasteiger partial charge >= 0.3 is 0 Å². The zero-order chi connectivity index (χ0) is 16.8. The highest BCUT2D eigenvalue weighted by atomic mass is 16.5. The Kier molecular flexibility index (Phi) is 5.62. The van der Waals surface area contributed by atoms with E-state index in [2.05, 4.69) is 0 Å². The molecule has 2 aromatic rings. The van der Waals surface area contributed by atoms with E-state index in [1.807, 2.05) is 36.4 Å². The molecule has 122 valence electrons. The lowest BCUT2D eigenvalue weighted by Crippen LogP contribution is -1.99. The molecule has 2 rings (SSSR count). The molecule has 0 amide bonds. The Hall–Kier alpha value is -2.50. The molecule has 23 heavy (non-hydrogen) atoms. The molecule has 0 fully saturated rings. The average molecular weight is 315 g/mol. The number of ether oxygens (including phenoxy) is 2. The molecule has 0 atom stereocenters. The largest absolute Gasteiger partial charge is 0.496 e. The summed E-state index contributed by atoms with van der Waals surface area (Å²) in [5.74, 6) is 1.17. The van der Waals surface area contributed by atoms with Gasteiger partial charge < -0.3 is 25.4 Å². The van der Waals surface area contributed by atoms with Gasteiger partial charge in [-0.15, -0.1) is 0 Å². The molecule has 0 saturated heterocycles. The lowest BCUT2D eigenvalue weighted by atomic mass is 10.0. The van der Waals surface area contributed by atoms with Crippen LogP contribution in [0.5, 0.6) is 11.5 Å². The summed E-state index contributed by atoms with van der Waals surface area (Å²) in [7, 11) is 3.11. The van der Waals surface area contributed by atoms with Crippen LogP contribution in [0, 0.1) is 0 Å². The fourth-order valence-electron chi connectivity index (χ4n) is 2.35. The molecule has 0 aliphatic rings. The van der Waals surface area contributed by atoms with E-state index in [1.165, 1.54) is 7.11 Å². The van der Waals surface area contributed by atoms with Crippen LogP contribution in [-0.4, -0.2) is 24.4 Å².